The fourth-order valence-electron chi connectivity index (χ4n) is 0.790. The average molecular weight is 169 g/mol. The molecule has 5 heteroatoms. The van der Waals surface area contributed by atoms with Crippen LogP contribution in [0.4, 0.5) is 4.79 Å². The highest BCUT2D eigenvalue weighted by Gasteiger charge is 2.00. The SMILES string of the molecule is COC(=O)NCc1cncn1C. The van der Waals surface area contributed by atoms with Gasteiger partial charge in [0.25, 0.3) is 0 Å². The molecule has 0 spiro atoms. The Labute approximate surface area is 70.4 Å². The van der Waals surface area contributed by atoms with E-state index in [2.05, 4.69) is 15.0 Å². The lowest BCUT2D eigenvalue weighted by molar-refractivity contribution is 0.170. The standard InChI is InChI=1S/C7H11N3O2/c1-10-5-8-3-6(10)4-9-7(11)12-2/h3,5H,4H2,1-2H3,(H,9,11). The topological polar surface area (TPSA) is 56.1 Å². The Balaban J connectivity index is 2.43. The number of alkyl carbamates (subject to hydrolysis) is 1. The molecule has 0 aromatic carbocycles. The number of aromatic nitrogens is 2. The number of ether oxygens (including phenoxy) is 1. The Morgan fingerprint density at radius 1 is 1.83 bits per heavy atom. The van der Waals surface area contributed by atoms with Gasteiger partial charge in [0.2, 0.25) is 0 Å². The minimum absolute atomic E-state index is 0.434. The molecule has 1 aromatic heterocycles. The zero-order chi connectivity index (χ0) is 8.97. The second-order valence-electron chi connectivity index (χ2n) is 2.34. The highest BCUT2D eigenvalue weighted by atomic mass is 16.5. The summed E-state index contributed by atoms with van der Waals surface area (Å²) in [5, 5.41) is 2.55. The van der Waals surface area contributed by atoms with Gasteiger partial charge in [-0.2, -0.15) is 0 Å². The molecule has 0 saturated carbocycles. The van der Waals surface area contributed by atoms with E-state index in [0.717, 1.165) is 5.69 Å². The Morgan fingerprint density at radius 3 is 3.08 bits per heavy atom. The third-order valence-electron chi connectivity index (χ3n) is 1.52. The van der Waals surface area contributed by atoms with Gasteiger partial charge in [0, 0.05) is 13.2 Å². The quantitative estimate of drug-likeness (QED) is 0.691. The fraction of sp³-hybridized carbons (Fsp3) is 0.429. The third-order valence-corrected chi connectivity index (χ3v) is 1.52. The maximum Gasteiger partial charge on any atom is 0.407 e. The van der Waals surface area contributed by atoms with Crippen molar-refractivity contribution in [3.63, 3.8) is 0 Å². The van der Waals surface area contributed by atoms with Gasteiger partial charge < -0.3 is 14.6 Å². The van der Waals surface area contributed by atoms with Crippen LogP contribution in [0.3, 0.4) is 0 Å². The fourth-order valence-corrected chi connectivity index (χ4v) is 0.790. The molecule has 1 N–H and O–H groups in total. The second-order valence-corrected chi connectivity index (χ2v) is 2.34. The molecule has 1 rings (SSSR count). The molecule has 1 heterocycles. The first-order chi connectivity index (χ1) is 5.74. The maximum atomic E-state index is 10.7. The summed E-state index contributed by atoms with van der Waals surface area (Å²) in [6.45, 7) is 0.434. The van der Waals surface area contributed by atoms with Crippen LogP contribution < -0.4 is 5.32 Å². The van der Waals surface area contributed by atoms with E-state index in [0.29, 0.717) is 6.54 Å². The number of hydrogen-bond donors (Lipinski definition) is 1. The Morgan fingerprint density at radius 2 is 2.58 bits per heavy atom. The monoisotopic (exact) mass is 169 g/mol. The molecule has 0 aliphatic carbocycles. The summed E-state index contributed by atoms with van der Waals surface area (Å²) >= 11 is 0. The smallest absolute Gasteiger partial charge is 0.407 e. The average Bonchev–Trinajstić information content (AvgIpc) is 2.47. The summed E-state index contributed by atoms with van der Waals surface area (Å²) < 4.78 is 6.24. The lowest BCUT2D eigenvalue weighted by Gasteiger charge is -2.03. The largest absolute Gasteiger partial charge is 0.453 e. The zero-order valence-corrected chi connectivity index (χ0v) is 7.07. The molecular weight excluding hydrogens is 158 g/mol. The van der Waals surface area contributed by atoms with Crippen molar-refractivity contribution < 1.29 is 9.53 Å². The molecule has 0 fully saturated rings. The first kappa shape index (κ1) is 8.58. The van der Waals surface area contributed by atoms with Gasteiger partial charge in [-0.05, 0) is 0 Å². The molecule has 0 unspecified atom stereocenters. The molecule has 0 aliphatic rings. The van der Waals surface area contributed by atoms with Crippen molar-refractivity contribution in [1.82, 2.24) is 14.9 Å². The van der Waals surface area contributed by atoms with Crippen molar-refractivity contribution in [3.05, 3.63) is 18.2 Å². The molecule has 1 aromatic rings. The second kappa shape index (κ2) is 3.75. The van der Waals surface area contributed by atoms with Gasteiger partial charge in [-0.25, -0.2) is 9.78 Å². The Kier molecular flexibility index (Phi) is 2.68. The molecule has 0 atom stereocenters. The lowest BCUT2D eigenvalue weighted by Crippen LogP contribution is -2.23. The van der Waals surface area contributed by atoms with Crippen LogP contribution in [0.5, 0.6) is 0 Å². The van der Waals surface area contributed by atoms with Crippen molar-refractivity contribution in [2.45, 2.75) is 6.54 Å². The number of carbonyl (C=O) groups excluding carboxylic acids is 1. The van der Waals surface area contributed by atoms with Gasteiger partial charge >= 0.3 is 6.09 Å². The Hall–Kier alpha value is -1.52. The minimum atomic E-state index is -0.434. The number of nitrogens with one attached hydrogen (secondary N) is 1. The predicted octanol–water partition coefficient (Wildman–Crippen LogP) is 0.276. The molecule has 0 saturated heterocycles. The van der Waals surface area contributed by atoms with Crippen molar-refractivity contribution in [1.29, 1.82) is 0 Å². The van der Waals surface area contributed by atoms with Crippen LogP contribution in [-0.4, -0.2) is 22.8 Å². The maximum absolute atomic E-state index is 10.7. The molecule has 12 heavy (non-hydrogen) atoms. The number of methoxy groups -OCH3 is 1. The highest BCUT2D eigenvalue weighted by molar-refractivity contribution is 5.66. The number of aryl methyl sites for hydroxylation is 1. The number of hydrogen-bond acceptors (Lipinski definition) is 3. The van der Waals surface area contributed by atoms with Gasteiger partial charge in [-0.3, -0.25) is 0 Å². The van der Waals surface area contributed by atoms with Crippen molar-refractivity contribution in [2.24, 2.45) is 7.05 Å². The van der Waals surface area contributed by atoms with E-state index in [4.69, 9.17) is 0 Å². The number of rotatable bonds is 2. The van der Waals surface area contributed by atoms with Crippen molar-refractivity contribution in [2.75, 3.05) is 7.11 Å². The molecule has 0 bridgehead atoms. The summed E-state index contributed by atoms with van der Waals surface area (Å²) in [4.78, 5) is 14.6. The molecule has 5 nitrogen and oxygen atoms in total. The van der Waals surface area contributed by atoms with Gasteiger partial charge in [0.1, 0.15) is 0 Å². The van der Waals surface area contributed by atoms with E-state index in [1.807, 2.05) is 11.6 Å². The molecule has 1 amide bonds. The molecule has 66 valence electrons. The first-order valence-corrected chi connectivity index (χ1v) is 3.51. The number of carbonyl (C=O) groups is 1. The van der Waals surface area contributed by atoms with Gasteiger partial charge in [-0.15, -0.1) is 0 Å². The number of imidazole rings is 1. The van der Waals surface area contributed by atoms with E-state index < -0.39 is 6.09 Å². The minimum Gasteiger partial charge on any atom is -0.453 e. The van der Waals surface area contributed by atoms with Crippen LogP contribution in [0.15, 0.2) is 12.5 Å². The van der Waals surface area contributed by atoms with Crippen LogP contribution in [0.2, 0.25) is 0 Å². The van der Waals surface area contributed by atoms with E-state index in [9.17, 15) is 4.79 Å². The Bertz CT molecular complexity index is 269. The predicted molar refractivity (Wildman–Crippen MR) is 42.5 cm³/mol. The molecular formula is C7H11N3O2. The zero-order valence-electron chi connectivity index (χ0n) is 7.07. The highest BCUT2D eigenvalue weighted by Crippen LogP contribution is 1.94. The van der Waals surface area contributed by atoms with Crippen LogP contribution in [0.25, 0.3) is 0 Å². The van der Waals surface area contributed by atoms with Crippen LogP contribution >= 0.6 is 0 Å². The van der Waals surface area contributed by atoms with Crippen LogP contribution in [-0.2, 0) is 18.3 Å². The van der Waals surface area contributed by atoms with E-state index in [-0.39, 0.29) is 0 Å². The van der Waals surface area contributed by atoms with Crippen LogP contribution in [0, 0.1) is 0 Å². The van der Waals surface area contributed by atoms with E-state index in [1.54, 1.807) is 12.5 Å². The van der Waals surface area contributed by atoms with Crippen molar-refractivity contribution in [3.8, 4) is 0 Å². The third kappa shape index (κ3) is 1.98. The summed E-state index contributed by atoms with van der Waals surface area (Å²) in [7, 11) is 3.19. The van der Waals surface area contributed by atoms with Crippen LogP contribution in [0.1, 0.15) is 5.69 Å². The summed E-state index contributed by atoms with van der Waals surface area (Å²) in [5.41, 5.74) is 0.931. The van der Waals surface area contributed by atoms with Gasteiger partial charge in [0.05, 0.1) is 25.7 Å². The first-order valence-electron chi connectivity index (χ1n) is 3.51. The van der Waals surface area contributed by atoms with Gasteiger partial charge in [0.15, 0.2) is 0 Å². The summed E-state index contributed by atoms with van der Waals surface area (Å²) in [5.74, 6) is 0. The molecule has 0 aliphatic heterocycles. The summed E-state index contributed by atoms with van der Waals surface area (Å²) in [6.07, 6.45) is 2.93. The molecule has 0 radical (unpaired) electrons. The van der Waals surface area contributed by atoms with E-state index >= 15 is 0 Å². The normalized spacial score (nSPS) is 9.50. The number of amides is 1. The van der Waals surface area contributed by atoms with Gasteiger partial charge in [-0.1, -0.05) is 0 Å². The lowest BCUT2D eigenvalue weighted by atomic mass is 10.5. The number of nitrogens with zero attached hydrogens (tertiary/aromatic N) is 2. The van der Waals surface area contributed by atoms with Crippen molar-refractivity contribution >= 4 is 6.09 Å². The summed E-state index contributed by atoms with van der Waals surface area (Å²) in [6, 6.07) is 0. The van der Waals surface area contributed by atoms with E-state index in [1.165, 1.54) is 7.11 Å².